The molecule has 1 aliphatic rings. The van der Waals surface area contributed by atoms with E-state index in [0.717, 1.165) is 18.4 Å². The number of rotatable bonds is 9. The van der Waals surface area contributed by atoms with Crippen LogP contribution in [0.25, 0.3) is 5.69 Å². The molecule has 3 aromatic rings. The number of para-hydroxylation sites is 1. The molecule has 0 aliphatic carbocycles. The Kier molecular flexibility index (Phi) is 7.86. The molecule has 4 rings (SSSR count). The van der Waals surface area contributed by atoms with Crippen molar-refractivity contribution in [2.45, 2.75) is 49.7 Å². The highest BCUT2D eigenvalue weighted by atomic mass is 32.2. The van der Waals surface area contributed by atoms with Crippen LogP contribution in [-0.2, 0) is 20.3 Å². The molecule has 0 amide bonds. The Morgan fingerprint density at radius 3 is 2.42 bits per heavy atom. The summed E-state index contributed by atoms with van der Waals surface area (Å²) in [5.74, 6) is 1.20. The van der Waals surface area contributed by atoms with Crippen LogP contribution in [0.4, 0.5) is 0 Å². The van der Waals surface area contributed by atoms with Gasteiger partial charge in [0, 0.05) is 24.9 Å². The number of benzene rings is 1. The van der Waals surface area contributed by atoms with Crippen molar-refractivity contribution in [2.75, 3.05) is 27.4 Å². The van der Waals surface area contributed by atoms with Crippen LogP contribution in [0.2, 0.25) is 0 Å². The van der Waals surface area contributed by atoms with Gasteiger partial charge in [-0.05, 0) is 44.4 Å². The lowest BCUT2D eigenvalue weighted by Gasteiger charge is -2.24. The van der Waals surface area contributed by atoms with E-state index in [0.29, 0.717) is 36.2 Å². The maximum Gasteiger partial charge on any atom is 0.163 e. The molecule has 0 radical (unpaired) electrons. The van der Waals surface area contributed by atoms with Crippen molar-refractivity contribution in [3.63, 3.8) is 0 Å². The molecule has 0 bridgehead atoms. The molecule has 1 aliphatic heterocycles. The fourth-order valence-corrected chi connectivity index (χ4v) is 5.53. The molecule has 1 aromatic carbocycles. The van der Waals surface area contributed by atoms with Gasteiger partial charge in [0.2, 0.25) is 0 Å². The van der Waals surface area contributed by atoms with Crippen molar-refractivity contribution >= 4 is 9.84 Å². The minimum Gasteiger partial charge on any atom is -0.494 e. The van der Waals surface area contributed by atoms with Crippen molar-refractivity contribution in [3.05, 3.63) is 53.6 Å². The molecule has 11 nitrogen and oxygen atoms in total. The molecule has 2 aromatic heterocycles. The summed E-state index contributed by atoms with van der Waals surface area (Å²) in [6.07, 6.45) is 3.34. The lowest BCUT2D eigenvalue weighted by molar-refractivity contribution is 0.0775. The zero-order chi connectivity index (χ0) is 25.9. The molecule has 1 fully saturated rings. The number of hydrogen-bond donors (Lipinski definition) is 1. The number of sulfone groups is 1. The third kappa shape index (κ3) is 5.20. The molecule has 194 valence electrons. The van der Waals surface area contributed by atoms with E-state index in [1.807, 2.05) is 6.92 Å². The van der Waals surface area contributed by atoms with Crippen LogP contribution >= 0.6 is 0 Å². The van der Waals surface area contributed by atoms with Crippen LogP contribution in [0.1, 0.15) is 54.8 Å². The van der Waals surface area contributed by atoms with Gasteiger partial charge in [-0.1, -0.05) is 6.07 Å². The third-order valence-corrected chi connectivity index (χ3v) is 8.36. The zero-order valence-electron chi connectivity index (χ0n) is 20.8. The summed E-state index contributed by atoms with van der Waals surface area (Å²) >= 11 is 0. The first kappa shape index (κ1) is 26.0. The molecule has 0 saturated carbocycles. The average Bonchev–Trinajstić information content (AvgIpc) is 3.30. The van der Waals surface area contributed by atoms with Gasteiger partial charge in [0.15, 0.2) is 21.5 Å². The first-order valence-corrected chi connectivity index (χ1v) is 13.4. The predicted octanol–water partition coefficient (Wildman–Crippen LogP) is 2.31. The van der Waals surface area contributed by atoms with Crippen LogP contribution in [0.15, 0.2) is 30.6 Å². The number of aryl methyl sites for hydroxylation is 1. The van der Waals surface area contributed by atoms with E-state index in [9.17, 15) is 13.5 Å². The number of nitrogens with zero attached hydrogens (tertiary/aromatic N) is 5. The van der Waals surface area contributed by atoms with Crippen LogP contribution in [-0.4, -0.2) is 70.9 Å². The van der Waals surface area contributed by atoms with Gasteiger partial charge >= 0.3 is 0 Å². The monoisotopic (exact) mass is 517 g/mol. The number of hydrogen-bond acceptors (Lipinski definition) is 10. The highest BCUT2D eigenvalue weighted by Crippen LogP contribution is 2.37. The Morgan fingerprint density at radius 1 is 1.17 bits per heavy atom. The van der Waals surface area contributed by atoms with Crippen LogP contribution in [0.5, 0.6) is 11.5 Å². The maximum absolute atomic E-state index is 13.5. The highest BCUT2D eigenvalue weighted by Gasteiger charge is 2.35. The maximum atomic E-state index is 13.5. The lowest BCUT2D eigenvalue weighted by Crippen LogP contribution is -2.29. The van der Waals surface area contributed by atoms with Crippen LogP contribution < -0.4 is 9.47 Å². The summed E-state index contributed by atoms with van der Waals surface area (Å²) in [5.41, 5.74) is 1.31. The Morgan fingerprint density at radius 2 is 1.83 bits per heavy atom. The predicted molar refractivity (Wildman–Crippen MR) is 131 cm³/mol. The van der Waals surface area contributed by atoms with Gasteiger partial charge in [-0.2, -0.15) is 0 Å². The molecule has 36 heavy (non-hydrogen) atoms. The molecule has 12 heteroatoms. The molecule has 0 unspecified atom stereocenters. The first-order chi connectivity index (χ1) is 17.3. The molecular formula is C24H31N5O6S. The van der Waals surface area contributed by atoms with Gasteiger partial charge in [-0.15, -0.1) is 10.2 Å². The van der Waals surface area contributed by atoms with Gasteiger partial charge in [0.05, 0.1) is 26.1 Å². The molecule has 3 atom stereocenters. The van der Waals surface area contributed by atoms with E-state index in [4.69, 9.17) is 14.2 Å². The fraction of sp³-hybridized carbons (Fsp3) is 0.500. The van der Waals surface area contributed by atoms with E-state index in [-0.39, 0.29) is 17.6 Å². The van der Waals surface area contributed by atoms with Crippen molar-refractivity contribution in [1.82, 2.24) is 24.7 Å². The Bertz CT molecular complexity index is 1270. The van der Waals surface area contributed by atoms with Gasteiger partial charge in [-0.3, -0.25) is 4.57 Å². The Hall–Kier alpha value is -3.09. The van der Waals surface area contributed by atoms with Crippen LogP contribution in [0, 0.1) is 6.92 Å². The molecule has 1 N–H and O–H groups in total. The van der Waals surface area contributed by atoms with Gasteiger partial charge in [0.25, 0.3) is 0 Å². The van der Waals surface area contributed by atoms with E-state index in [2.05, 4.69) is 20.2 Å². The molecule has 1 saturated heterocycles. The van der Waals surface area contributed by atoms with Crippen molar-refractivity contribution in [1.29, 1.82) is 0 Å². The van der Waals surface area contributed by atoms with Crippen molar-refractivity contribution in [3.8, 4) is 17.2 Å². The van der Waals surface area contributed by atoms with E-state index in [1.54, 1.807) is 22.8 Å². The third-order valence-electron chi connectivity index (χ3n) is 6.31. The lowest BCUT2D eigenvalue weighted by atomic mass is 10.0. The summed E-state index contributed by atoms with van der Waals surface area (Å²) in [7, 11) is -0.864. The molecule has 0 spiro atoms. The highest BCUT2D eigenvalue weighted by molar-refractivity contribution is 7.91. The van der Waals surface area contributed by atoms with E-state index >= 15 is 0 Å². The SMILES string of the molecule is COc1cccc(OC)c1-n1c(CS(=O)(=O)[C@@H](C)[C@H](O)c2ncc(C)cn2)nnc1[C@@H]1CCCOC1. The number of aliphatic hydroxyl groups excluding tert-OH is 1. The Labute approximate surface area is 210 Å². The molecular weight excluding hydrogens is 486 g/mol. The van der Waals surface area contributed by atoms with Crippen molar-refractivity contribution in [2.24, 2.45) is 0 Å². The minimum absolute atomic E-state index is 0.0459. The van der Waals surface area contributed by atoms with Crippen LogP contribution in [0.3, 0.4) is 0 Å². The number of methoxy groups -OCH3 is 2. The second-order valence-corrected chi connectivity index (χ2v) is 11.2. The first-order valence-electron chi connectivity index (χ1n) is 11.7. The second-order valence-electron chi connectivity index (χ2n) is 8.81. The average molecular weight is 518 g/mol. The topological polar surface area (TPSA) is 139 Å². The van der Waals surface area contributed by atoms with E-state index < -0.39 is 26.9 Å². The van der Waals surface area contributed by atoms with Crippen molar-refractivity contribution < 1.29 is 27.7 Å². The normalized spacial score (nSPS) is 18.0. The zero-order valence-corrected chi connectivity index (χ0v) is 21.6. The smallest absolute Gasteiger partial charge is 0.163 e. The fourth-order valence-electron chi connectivity index (χ4n) is 4.20. The minimum atomic E-state index is -3.92. The number of aromatic nitrogens is 5. The molecule has 3 heterocycles. The van der Waals surface area contributed by atoms with Gasteiger partial charge in [0.1, 0.15) is 34.9 Å². The number of ether oxygens (including phenoxy) is 3. The Balaban J connectivity index is 1.77. The van der Waals surface area contributed by atoms with Gasteiger partial charge < -0.3 is 19.3 Å². The summed E-state index contributed by atoms with van der Waals surface area (Å²) in [4.78, 5) is 8.18. The quantitative estimate of drug-likeness (QED) is 0.450. The van der Waals surface area contributed by atoms with E-state index in [1.165, 1.54) is 33.5 Å². The second kappa shape index (κ2) is 10.9. The number of aliphatic hydroxyl groups is 1. The largest absolute Gasteiger partial charge is 0.494 e. The summed E-state index contributed by atoms with van der Waals surface area (Å²) in [5, 5.41) is 18.2. The van der Waals surface area contributed by atoms with Gasteiger partial charge in [-0.25, -0.2) is 18.4 Å². The summed E-state index contributed by atoms with van der Waals surface area (Å²) in [6, 6.07) is 5.31. The summed E-state index contributed by atoms with van der Waals surface area (Å²) in [6.45, 7) is 4.36. The standard InChI is InChI=1S/C24H31N5O6S/c1-15-11-25-23(26-12-15)22(30)16(2)36(31,32)14-20-27-28-24(17-7-6-10-35-13-17)29(20)21-18(33-3)8-5-9-19(21)34-4/h5,8-9,11-12,16-17,22,30H,6-7,10,13-14H2,1-4H3/t16-,17+,22-/m0/s1. The summed E-state index contributed by atoms with van der Waals surface area (Å²) < 4.78 is 45.5.